The molecule has 43 heteroatoms. The van der Waals surface area contributed by atoms with Crippen LogP contribution in [0.4, 0.5) is 8.78 Å². The second kappa shape index (κ2) is 21.5. The molecule has 378 valence electrons. The van der Waals surface area contributed by atoms with E-state index in [-0.39, 0.29) is 10.4 Å². The number of nitrogens with one attached hydrogen (secondary N) is 2. The van der Waals surface area contributed by atoms with E-state index in [1.54, 1.807) is 21.7 Å². The average Bonchev–Trinajstić information content (AvgIpc) is 3.49. The molecule has 12 N–H and O–H groups in total. The van der Waals surface area contributed by atoms with E-state index in [1.165, 1.54) is 6.92 Å². The van der Waals surface area contributed by atoms with Crippen LogP contribution in [0.1, 0.15) is 32.0 Å². The predicted molar refractivity (Wildman–Crippen MR) is 209 cm³/mol. The van der Waals surface area contributed by atoms with Crippen molar-refractivity contribution >= 4 is 70.1 Å². The van der Waals surface area contributed by atoms with E-state index in [9.17, 15) is 76.4 Å². The van der Waals surface area contributed by atoms with Crippen LogP contribution in [0.25, 0.3) is 0 Å². The summed E-state index contributed by atoms with van der Waals surface area (Å²) in [7, 11) is -34.4. The molecule has 2 aliphatic heterocycles. The number of rotatable bonds is 16. The number of ether oxygens (including phenoxy) is 2. The molecule has 14 atom stereocenters. The van der Waals surface area contributed by atoms with Gasteiger partial charge in [0.25, 0.3) is 11.1 Å². The number of aliphatic hydroxyl groups is 2. The first kappa shape index (κ1) is 58.8. The molecule has 67 heavy (non-hydrogen) atoms. The Morgan fingerprint density at radius 3 is 1.45 bits per heavy atom. The minimum Gasteiger partial charge on any atom is -0.386 e. The lowest BCUT2D eigenvalue weighted by atomic mass is 9.95. The topological polar surface area (TPSA) is 501 Å². The van der Waals surface area contributed by atoms with Gasteiger partial charge in [0, 0.05) is 22.5 Å². The van der Waals surface area contributed by atoms with Gasteiger partial charge in [0.15, 0.2) is 6.23 Å². The fourth-order valence-corrected chi connectivity index (χ4v) is 12.3. The smallest absolute Gasteiger partial charge is 0.386 e. The van der Waals surface area contributed by atoms with Crippen LogP contribution in [0, 0.1) is 29.5 Å². The molecule has 4 heterocycles. The van der Waals surface area contributed by atoms with Crippen molar-refractivity contribution in [1.82, 2.24) is 24.3 Å². The maximum Gasteiger partial charge on any atom is 0.490 e. The van der Waals surface area contributed by atoms with Gasteiger partial charge >= 0.3 is 58.3 Å². The van der Waals surface area contributed by atoms with Crippen molar-refractivity contribution in [3.63, 3.8) is 0 Å². The van der Waals surface area contributed by atoms with E-state index >= 15 is 8.78 Å². The number of alkyl halides is 2. The molecule has 0 saturated carbocycles. The Labute approximate surface area is 378 Å². The van der Waals surface area contributed by atoms with Crippen LogP contribution in [-0.2, 0) is 63.2 Å². The van der Waals surface area contributed by atoms with E-state index < -0.39 is 130 Å². The van der Waals surface area contributed by atoms with Gasteiger partial charge in [0.2, 0.25) is 17.6 Å². The van der Waals surface area contributed by atoms with Gasteiger partial charge in [-0.25, -0.2) is 45.8 Å². The van der Waals surface area contributed by atoms with Crippen molar-refractivity contribution in [2.24, 2.45) is 0 Å². The quantitative estimate of drug-likeness (QED) is 0.0677. The summed E-state index contributed by atoms with van der Waals surface area (Å²) in [6, 6.07) is 0.897. The third kappa shape index (κ3) is 15.5. The van der Waals surface area contributed by atoms with E-state index in [2.05, 4.69) is 31.4 Å². The molecule has 2 aromatic rings. The highest BCUT2D eigenvalue weighted by molar-refractivity contribution is 7.67. The van der Waals surface area contributed by atoms with Gasteiger partial charge in [-0.15, -0.1) is 0 Å². The van der Waals surface area contributed by atoms with Gasteiger partial charge in [0.1, 0.15) is 30.6 Å². The lowest BCUT2D eigenvalue weighted by Gasteiger charge is -2.25. The fraction of sp³-hybridized carbons (Fsp3) is 0.542. The summed E-state index contributed by atoms with van der Waals surface area (Å²) in [6.45, 7) is 3.02. The van der Waals surface area contributed by atoms with Gasteiger partial charge in [-0.05, 0) is 55.8 Å². The van der Waals surface area contributed by atoms with Crippen LogP contribution >= 0.6 is 70.1 Å². The molecule has 0 spiro atoms. The Hall–Kier alpha value is -2.49. The Morgan fingerprint density at radius 2 is 1.07 bits per heavy atom. The summed E-state index contributed by atoms with van der Waals surface area (Å²) in [5.41, 5.74) is -10.7. The number of phosphoric acid groups is 6. The van der Waals surface area contributed by atoms with Gasteiger partial charge in [0.05, 0.1) is 12.2 Å². The number of hydrogen-bond donors (Lipinski definition) is 12. The van der Waals surface area contributed by atoms with Crippen molar-refractivity contribution in [3.05, 3.63) is 59.6 Å². The lowest BCUT2D eigenvalue weighted by molar-refractivity contribution is -0.0829. The largest absolute Gasteiger partial charge is 0.490 e. The van der Waals surface area contributed by atoms with Crippen LogP contribution in [-0.4, -0.2) is 122 Å². The molecule has 2 aliphatic rings. The van der Waals surface area contributed by atoms with Crippen LogP contribution in [0.2, 0.25) is 0 Å². The molecule has 0 aliphatic carbocycles. The first-order chi connectivity index (χ1) is 30.2. The second-order valence-corrected chi connectivity index (χ2v) is 22.0. The van der Waals surface area contributed by atoms with Crippen LogP contribution in [0.5, 0.6) is 0 Å². The summed E-state index contributed by atoms with van der Waals surface area (Å²) in [6.07, 6.45) is -16.0. The summed E-state index contributed by atoms with van der Waals surface area (Å²) in [5, 5.41) is 27.5. The standard InChI is InChI=1S/C13H17ClFN2O14P3.C11H14ClFN3O14P3/c1-6-5-8(18)16-12(20)17(6)11-13(15,3-4-14)10(19)9(28-11)7(2)29-33(24,25)31-34(26,27)30-32(21,22)23;1-5(28-32(23,24)30-33(25,26)29-31(20,21)22)7-8(18)11(13,2-3-12)9(27-7)16-10(19)15-6(17)4-14-16/h5,7,9-11,19H,1-2H3,(H,24,25)(H,26,27)(H,16,18,20)(H2,21,22,23);4-5,7-9,18H,1H3,(H,23,24)(H,25,26)(H,15,17,19)(H2,20,21,22)/t7-,9-,10+,11-,13?;5-,7-,8+,9-,11?/m11/s1. The zero-order chi connectivity index (χ0) is 51.7. The van der Waals surface area contributed by atoms with Crippen molar-refractivity contribution in [2.75, 3.05) is 0 Å². The molecular formula is C24H31Cl2F2N5O28P6. The highest BCUT2D eigenvalue weighted by Gasteiger charge is 2.62. The number of nitrogens with zero attached hydrogens (tertiary/aromatic N) is 3. The maximum atomic E-state index is 15.7. The molecule has 33 nitrogen and oxygen atoms in total. The lowest BCUT2D eigenvalue weighted by Crippen LogP contribution is -2.46. The third-order valence-electron chi connectivity index (χ3n) is 7.97. The molecule has 0 radical (unpaired) electrons. The van der Waals surface area contributed by atoms with Gasteiger partial charge in [-0.1, -0.05) is 0 Å². The molecule has 0 aromatic carbocycles. The van der Waals surface area contributed by atoms with Crippen molar-refractivity contribution in [3.8, 4) is 22.6 Å². The maximum absolute atomic E-state index is 15.7. The first-order valence-electron chi connectivity index (χ1n) is 16.7. The van der Waals surface area contributed by atoms with E-state index in [1.807, 2.05) is 10.9 Å². The van der Waals surface area contributed by atoms with Crippen molar-refractivity contribution in [2.45, 2.75) is 81.2 Å². The van der Waals surface area contributed by atoms with Crippen LogP contribution in [0.15, 0.2) is 31.4 Å². The Balaban J connectivity index is 0.000000355. The molecule has 2 fully saturated rings. The van der Waals surface area contributed by atoms with E-state index in [4.69, 9.17) is 52.2 Å². The monoisotopic (exact) mass is 1130 g/mol. The molecule has 0 amide bonds. The highest BCUT2D eigenvalue weighted by Crippen LogP contribution is 2.68. The third-order valence-corrected chi connectivity index (χ3v) is 16.0. The number of hydrogen-bond acceptors (Lipinski definition) is 21. The zero-order valence-electron chi connectivity index (χ0n) is 32.6. The van der Waals surface area contributed by atoms with Gasteiger partial charge in [-0.2, -0.15) is 27.0 Å². The zero-order valence-corrected chi connectivity index (χ0v) is 39.5. The minimum atomic E-state index is -5.85. The number of phosphoric ester groups is 2. The number of aromatic nitrogens is 5. The summed E-state index contributed by atoms with van der Waals surface area (Å²) >= 11 is 10.5. The average molecular weight is 1130 g/mol. The summed E-state index contributed by atoms with van der Waals surface area (Å²) in [5.74, 6) is 3.56. The molecule has 2 saturated heterocycles. The minimum absolute atomic E-state index is 0.134. The number of aromatic amines is 2. The Bertz CT molecular complexity index is 2870. The van der Waals surface area contributed by atoms with Gasteiger partial charge < -0.3 is 58.8 Å². The fourth-order valence-electron chi connectivity index (χ4n) is 5.63. The van der Waals surface area contributed by atoms with E-state index in [0.717, 1.165) is 19.9 Å². The first-order valence-corrected chi connectivity index (χ1v) is 26.5. The second-order valence-electron chi connectivity index (χ2n) is 12.9. The Morgan fingerprint density at radius 1 is 0.687 bits per heavy atom. The predicted octanol–water partition coefficient (Wildman–Crippen LogP) is -1.43. The SMILES string of the molecule is C[C@@H](OP(=O)(O)OP(=O)(O)OP(=O)(O)O)[C@H]1O[C@@H](n2ncc(=O)[nH]c2=O)C(F)(C#CCl)[C@H]1O.Cc1cc(=O)[nH]c(=O)n1[C@@H]1O[C@H]([C@@H](C)OP(=O)(O)OP(=O)(O)OP(=O)(O)O)[C@H](O)C1(F)C#CCl. The Kier molecular flexibility index (Phi) is 18.8. The molecule has 0 bridgehead atoms. The molecule has 2 aromatic heterocycles. The van der Waals surface area contributed by atoms with Crippen LogP contribution in [0.3, 0.4) is 0 Å². The molecule has 6 unspecified atom stereocenters. The number of H-pyrrole nitrogens is 2. The highest BCUT2D eigenvalue weighted by atomic mass is 35.5. The summed E-state index contributed by atoms with van der Waals surface area (Å²) < 4.78 is 134. The van der Waals surface area contributed by atoms with Crippen molar-refractivity contribution < 1.29 is 121 Å². The molecular weight excluding hydrogens is 1100 g/mol. The van der Waals surface area contributed by atoms with Gasteiger partial charge in [-0.3, -0.25) is 33.2 Å². The number of aryl methyl sites for hydroxylation is 1. The normalized spacial score (nSPS) is 29.7. The number of halogens is 4. The summed E-state index contributed by atoms with van der Waals surface area (Å²) in [4.78, 5) is 122. The van der Waals surface area contributed by atoms with E-state index in [0.29, 0.717) is 10.8 Å². The van der Waals surface area contributed by atoms with Crippen molar-refractivity contribution in [1.29, 1.82) is 0 Å². The van der Waals surface area contributed by atoms with Crippen LogP contribution < -0.4 is 22.5 Å². The molecule has 4 rings (SSSR count). The number of aliphatic hydroxyl groups excluding tert-OH is 2.